The molecule has 0 bridgehead atoms. The standard InChI is InChI=1S/C21H30O4/c1-23-14-25-21-17(5-3-4-15-6-7-15)10-13-19(20(21)22)16-8-11-18(24-2)12-9-16/h8-9,11-12,15,17,19,21H,3-7,10,13-14H2,1-2H3/t17-,19?,21-/m1/s1. The lowest BCUT2D eigenvalue weighted by atomic mass is 9.74. The summed E-state index contributed by atoms with van der Waals surface area (Å²) < 4.78 is 16.1. The predicted octanol–water partition coefficient (Wildman–Crippen LogP) is 4.33. The average Bonchev–Trinajstić information content (AvgIpc) is 3.46. The Morgan fingerprint density at radius 2 is 1.76 bits per heavy atom. The molecule has 2 saturated carbocycles. The van der Waals surface area contributed by atoms with Crippen LogP contribution in [0.3, 0.4) is 0 Å². The number of benzene rings is 1. The third-order valence-electron chi connectivity index (χ3n) is 5.65. The average molecular weight is 346 g/mol. The Kier molecular flexibility index (Phi) is 6.49. The van der Waals surface area contributed by atoms with E-state index in [1.807, 2.05) is 24.3 Å². The van der Waals surface area contributed by atoms with E-state index in [-0.39, 0.29) is 24.6 Å². The fourth-order valence-electron chi connectivity index (χ4n) is 4.00. The third-order valence-corrected chi connectivity index (χ3v) is 5.65. The van der Waals surface area contributed by atoms with Gasteiger partial charge in [0.2, 0.25) is 0 Å². The van der Waals surface area contributed by atoms with E-state index in [4.69, 9.17) is 14.2 Å². The molecule has 0 spiro atoms. The van der Waals surface area contributed by atoms with Crippen LogP contribution in [-0.4, -0.2) is 32.9 Å². The van der Waals surface area contributed by atoms with E-state index in [9.17, 15) is 4.79 Å². The quantitative estimate of drug-likeness (QED) is 0.624. The first kappa shape index (κ1) is 18.4. The Balaban J connectivity index is 1.64. The van der Waals surface area contributed by atoms with Crippen LogP contribution in [0.1, 0.15) is 56.4 Å². The lowest BCUT2D eigenvalue weighted by molar-refractivity contribution is -0.152. The number of hydrogen-bond acceptors (Lipinski definition) is 4. The van der Waals surface area contributed by atoms with Gasteiger partial charge in [0.25, 0.3) is 0 Å². The number of methoxy groups -OCH3 is 2. The maximum absolute atomic E-state index is 13.1. The maximum Gasteiger partial charge on any atom is 0.169 e. The number of carbonyl (C=O) groups is 1. The summed E-state index contributed by atoms with van der Waals surface area (Å²) in [6.07, 6.45) is 8.02. The molecule has 1 aromatic carbocycles. The minimum atomic E-state index is -0.333. The molecule has 2 fully saturated rings. The van der Waals surface area contributed by atoms with Gasteiger partial charge in [-0.3, -0.25) is 4.79 Å². The van der Waals surface area contributed by atoms with Crippen molar-refractivity contribution in [2.45, 2.75) is 57.0 Å². The Morgan fingerprint density at radius 1 is 1.00 bits per heavy atom. The first-order valence-corrected chi connectivity index (χ1v) is 9.51. The van der Waals surface area contributed by atoms with Crippen LogP contribution in [-0.2, 0) is 14.3 Å². The van der Waals surface area contributed by atoms with Crippen LogP contribution in [0, 0.1) is 11.8 Å². The SMILES string of the molecule is COCO[C@H]1C(=O)C(c2ccc(OC)cc2)CC[C@H]1CCCC1CC1. The molecule has 0 aliphatic heterocycles. The van der Waals surface area contributed by atoms with E-state index < -0.39 is 0 Å². The topological polar surface area (TPSA) is 44.8 Å². The van der Waals surface area contributed by atoms with Gasteiger partial charge < -0.3 is 14.2 Å². The molecule has 3 atom stereocenters. The van der Waals surface area contributed by atoms with Crippen LogP contribution in [0.25, 0.3) is 0 Å². The monoisotopic (exact) mass is 346 g/mol. The van der Waals surface area contributed by atoms with Crippen molar-refractivity contribution >= 4 is 5.78 Å². The van der Waals surface area contributed by atoms with Crippen molar-refractivity contribution in [1.29, 1.82) is 0 Å². The van der Waals surface area contributed by atoms with Gasteiger partial charge in [-0.1, -0.05) is 37.8 Å². The number of carbonyl (C=O) groups excluding carboxylic acids is 1. The fraction of sp³-hybridized carbons (Fsp3) is 0.667. The van der Waals surface area contributed by atoms with Gasteiger partial charge in [-0.05, 0) is 48.8 Å². The van der Waals surface area contributed by atoms with Crippen molar-refractivity contribution in [3.8, 4) is 5.75 Å². The van der Waals surface area contributed by atoms with Crippen LogP contribution in [0.5, 0.6) is 5.75 Å². The molecule has 0 N–H and O–H groups in total. The molecule has 2 aliphatic carbocycles. The highest BCUT2D eigenvalue weighted by Crippen LogP contribution is 2.39. The summed E-state index contributed by atoms with van der Waals surface area (Å²) in [6.45, 7) is 0.185. The molecule has 1 aromatic rings. The van der Waals surface area contributed by atoms with Crippen molar-refractivity contribution in [2.24, 2.45) is 11.8 Å². The van der Waals surface area contributed by atoms with Crippen molar-refractivity contribution < 1.29 is 19.0 Å². The van der Waals surface area contributed by atoms with Gasteiger partial charge in [0.05, 0.1) is 7.11 Å². The van der Waals surface area contributed by atoms with E-state index in [0.29, 0.717) is 5.92 Å². The predicted molar refractivity (Wildman–Crippen MR) is 96.8 cm³/mol. The summed E-state index contributed by atoms with van der Waals surface area (Å²) in [5.74, 6) is 2.23. The molecule has 3 rings (SSSR count). The van der Waals surface area contributed by atoms with Crippen molar-refractivity contribution in [2.75, 3.05) is 21.0 Å². The van der Waals surface area contributed by atoms with Crippen molar-refractivity contribution in [3.63, 3.8) is 0 Å². The Hall–Kier alpha value is -1.39. The molecule has 2 aliphatic rings. The first-order chi connectivity index (χ1) is 12.2. The van der Waals surface area contributed by atoms with Crippen molar-refractivity contribution in [1.82, 2.24) is 0 Å². The van der Waals surface area contributed by atoms with E-state index in [1.54, 1.807) is 14.2 Å². The molecule has 1 unspecified atom stereocenters. The number of ketones is 1. The zero-order valence-electron chi connectivity index (χ0n) is 15.4. The number of hydrogen-bond donors (Lipinski definition) is 0. The smallest absolute Gasteiger partial charge is 0.169 e. The van der Waals surface area contributed by atoms with Crippen molar-refractivity contribution in [3.05, 3.63) is 29.8 Å². The normalized spacial score (nSPS) is 26.6. The molecule has 4 nitrogen and oxygen atoms in total. The number of ether oxygens (including phenoxy) is 3. The Labute approximate surface area is 150 Å². The summed E-state index contributed by atoms with van der Waals surface area (Å²) in [5.41, 5.74) is 1.06. The molecule has 0 amide bonds. The van der Waals surface area contributed by atoms with Gasteiger partial charge in [-0.2, -0.15) is 0 Å². The third kappa shape index (κ3) is 4.83. The van der Waals surface area contributed by atoms with Gasteiger partial charge in [0.15, 0.2) is 5.78 Å². The Morgan fingerprint density at radius 3 is 2.40 bits per heavy atom. The Bertz CT molecular complexity index is 550. The van der Waals surface area contributed by atoms with Gasteiger partial charge in [0.1, 0.15) is 18.6 Å². The second-order valence-corrected chi connectivity index (χ2v) is 7.43. The fourth-order valence-corrected chi connectivity index (χ4v) is 4.00. The largest absolute Gasteiger partial charge is 0.497 e. The van der Waals surface area contributed by atoms with Crippen LogP contribution >= 0.6 is 0 Å². The van der Waals surface area contributed by atoms with Gasteiger partial charge in [-0.25, -0.2) is 0 Å². The highest BCUT2D eigenvalue weighted by atomic mass is 16.7. The van der Waals surface area contributed by atoms with Gasteiger partial charge >= 0.3 is 0 Å². The second kappa shape index (κ2) is 8.81. The summed E-state index contributed by atoms with van der Waals surface area (Å²) in [6, 6.07) is 7.86. The minimum Gasteiger partial charge on any atom is -0.497 e. The van der Waals surface area contributed by atoms with Crippen LogP contribution in [0.4, 0.5) is 0 Å². The zero-order chi connectivity index (χ0) is 17.6. The summed E-state index contributed by atoms with van der Waals surface area (Å²) in [7, 11) is 3.26. The molecule has 0 radical (unpaired) electrons. The molecule has 4 heteroatoms. The lowest BCUT2D eigenvalue weighted by Gasteiger charge is -2.35. The van der Waals surface area contributed by atoms with Gasteiger partial charge in [-0.15, -0.1) is 0 Å². The first-order valence-electron chi connectivity index (χ1n) is 9.51. The van der Waals surface area contributed by atoms with Crippen LogP contribution in [0.15, 0.2) is 24.3 Å². The molecule has 0 aromatic heterocycles. The van der Waals surface area contributed by atoms with Crippen LogP contribution < -0.4 is 4.74 Å². The molecule has 0 heterocycles. The van der Waals surface area contributed by atoms with E-state index in [0.717, 1.165) is 36.5 Å². The highest BCUT2D eigenvalue weighted by molar-refractivity contribution is 5.90. The number of Topliss-reactive ketones (excluding diaryl/α,β-unsaturated/α-hetero) is 1. The number of rotatable bonds is 9. The van der Waals surface area contributed by atoms with Crippen LogP contribution in [0.2, 0.25) is 0 Å². The van der Waals surface area contributed by atoms with E-state index in [2.05, 4.69) is 0 Å². The molecule has 25 heavy (non-hydrogen) atoms. The molecule has 0 saturated heterocycles. The maximum atomic E-state index is 13.1. The summed E-state index contributed by atoms with van der Waals surface area (Å²) in [5, 5.41) is 0. The molecular formula is C21H30O4. The van der Waals surface area contributed by atoms with Gasteiger partial charge in [0, 0.05) is 13.0 Å². The molecular weight excluding hydrogens is 316 g/mol. The molecule has 138 valence electrons. The minimum absolute atomic E-state index is 0.0764. The van der Waals surface area contributed by atoms with E-state index in [1.165, 1.54) is 25.7 Å². The zero-order valence-corrected chi connectivity index (χ0v) is 15.4. The van der Waals surface area contributed by atoms with E-state index >= 15 is 0 Å². The highest BCUT2D eigenvalue weighted by Gasteiger charge is 2.39. The second-order valence-electron chi connectivity index (χ2n) is 7.43. The lowest BCUT2D eigenvalue weighted by Crippen LogP contribution is -2.41. The summed E-state index contributed by atoms with van der Waals surface area (Å²) in [4.78, 5) is 13.1. The summed E-state index contributed by atoms with van der Waals surface area (Å²) >= 11 is 0.